The fourth-order valence-electron chi connectivity index (χ4n) is 1.03. The second-order valence-corrected chi connectivity index (χ2v) is 2.82. The number of aliphatic carboxylic acids is 1. The number of hydrogen-bond acceptors (Lipinski definition) is 2. The first-order chi connectivity index (χ1) is 6.45. The number of hydrogen-bond donors (Lipinski definition) is 2. The molecule has 1 aromatic rings. The van der Waals surface area contributed by atoms with Crippen molar-refractivity contribution in [2.45, 2.75) is 13.0 Å². The van der Waals surface area contributed by atoms with Crippen LogP contribution < -0.4 is 0 Å². The van der Waals surface area contributed by atoms with Crippen LogP contribution in [0.2, 0.25) is 0 Å². The number of carboxylic acids is 1. The number of halogens is 2. The average molecular weight is 202 g/mol. The second-order valence-electron chi connectivity index (χ2n) is 2.82. The lowest BCUT2D eigenvalue weighted by Crippen LogP contribution is -2.13. The van der Waals surface area contributed by atoms with Crippen molar-refractivity contribution >= 4 is 5.97 Å². The first kappa shape index (κ1) is 10.6. The summed E-state index contributed by atoms with van der Waals surface area (Å²) >= 11 is 0. The third-order valence-corrected chi connectivity index (χ3v) is 1.88. The van der Waals surface area contributed by atoms with E-state index in [4.69, 9.17) is 10.2 Å². The smallest absolute Gasteiger partial charge is 0.337 e. The lowest BCUT2D eigenvalue weighted by Gasteiger charge is -2.09. The first-order valence-electron chi connectivity index (χ1n) is 3.80. The number of rotatable bonds is 2. The van der Waals surface area contributed by atoms with Gasteiger partial charge in [-0.1, -0.05) is 0 Å². The van der Waals surface area contributed by atoms with Gasteiger partial charge in [0.1, 0.15) is 11.6 Å². The van der Waals surface area contributed by atoms with Crippen LogP contribution >= 0.6 is 0 Å². The molecule has 1 atom stereocenters. The quantitative estimate of drug-likeness (QED) is 0.761. The molecule has 0 aliphatic carbocycles. The average Bonchev–Trinajstić information content (AvgIpc) is 2.13. The number of aliphatic hydroxyl groups is 1. The predicted octanol–water partition coefficient (Wildman–Crippen LogP) is 1.39. The standard InChI is InChI=1S/C9H8F2O3/c1-4-6(10)3-2-5(7(4)11)8(12)9(13)14/h2-3,8,12H,1H3,(H,13,14). The minimum atomic E-state index is -1.96. The van der Waals surface area contributed by atoms with Crippen LogP contribution in [0.15, 0.2) is 12.1 Å². The Labute approximate surface area is 78.6 Å². The van der Waals surface area contributed by atoms with Crippen LogP contribution in [0.5, 0.6) is 0 Å². The third-order valence-electron chi connectivity index (χ3n) is 1.88. The summed E-state index contributed by atoms with van der Waals surface area (Å²) in [7, 11) is 0. The Hall–Kier alpha value is -1.49. The predicted molar refractivity (Wildman–Crippen MR) is 43.7 cm³/mol. The summed E-state index contributed by atoms with van der Waals surface area (Å²) < 4.78 is 26.0. The molecular formula is C9H8F2O3. The van der Waals surface area contributed by atoms with E-state index in [0.29, 0.717) is 0 Å². The van der Waals surface area contributed by atoms with Crippen molar-refractivity contribution in [1.82, 2.24) is 0 Å². The molecule has 0 saturated heterocycles. The summed E-state index contributed by atoms with van der Waals surface area (Å²) in [5.74, 6) is -3.38. The molecular weight excluding hydrogens is 194 g/mol. The molecule has 0 aliphatic rings. The molecule has 0 aliphatic heterocycles. The summed E-state index contributed by atoms with van der Waals surface area (Å²) in [5, 5.41) is 17.4. The minimum Gasteiger partial charge on any atom is -0.479 e. The number of carbonyl (C=O) groups is 1. The van der Waals surface area contributed by atoms with Gasteiger partial charge >= 0.3 is 5.97 Å². The molecule has 2 N–H and O–H groups in total. The van der Waals surface area contributed by atoms with Crippen molar-refractivity contribution < 1.29 is 23.8 Å². The molecule has 0 aromatic heterocycles. The van der Waals surface area contributed by atoms with Gasteiger partial charge in [0.15, 0.2) is 6.10 Å². The van der Waals surface area contributed by atoms with Gasteiger partial charge in [-0.2, -0.15) is 0 Å². The molecule has 0 fully saturated rings. The molecule has 1 rings (SSSR count). The molecule has 5 heteroatoms. The van der Waals surface area contributed by atoms with Gasteiger partial charge in [0.2, 0.25) is 0 Å². The molecule has 0 heterocycles. The Balaban J connectivity index is 3.24. The summed E-state index contributed by atoms with van der Waals surface area (Å²) in [6.45, 7) is 1.17. The van der Waals surface area contributed by atoms with E-state index in [9.17, 15) is 13.6 Å². The van der Waals surface area contributed by atoms with Crippen molar-refractivity contribution in [3.63, 3.8) is 0 Å². The van der Waals surface area contributed by atoms with Gasteiger partial charge in [0.05, 0.1) is 0 Å². The number of aliphatic hydroxyl groups excluding tert-OH is 1. The van der Waals surface area contributed by atoms with Crippen LogP contribution in [0.4, 0.5) is 8.78 Å². The van der Waals surface area contributed by atoms with Crippen LogP contribution in [0, 0.1) is 18.6 Å². The molecule has 0 radical (unpaired) electrons. The van der Waals surface area contributed by atoms with Crippen LogP contribution in [-0.2, 0) is 4.79 Å². The molecule has 1 unspecified atom stereocenters. The van der Waals surface area contributed by atoms with Crippen LogP contribution in [0.25, 0.3) is 0 Å². The Bertz CT molecular complexity index is 377. The van der Waals surface area contributed by atoms with Gasteiger partial charge in [0, 0.05) is 11.1 Å². The van der Waals surface area contributed by atoms with E-state index in [0.717, 1.165) is 12.1 Å². The summed E-state index contributed by atoms with van der Waals surface area (Å²) in [4.78, 5) is 10.3. The third kappa shape index (κ3) is 1.72. The molecule has 0 amide bonds. The molecule has 76 valence electrons. The topological polar surface area (TPSA) is 57.5 Å². The zero-order valence-electron chi connectivity index (χ0n) is 7.29. The van der Waals surface area contributed by atoms with E-state index >= 15 is 0 Å². The summed E-state index contributed by atoms with van der Waals surface area (Å²) in [5.41, 5.74) is -0.737. The van der Waals surface area contributed by atoms with E-state index in [1.54, 1.807) is 0 Å². The molecule has 1 aromatic carbocycles. The van der Waals surface area contributed by atoms with Gasteiger partial charge in [-0.25, -0.2) is 13.6 Å². The number of carboxylic acid groups (broad SMARTS) is 1. The lowest BCUT2D eigenvalue weighted by molar-refractivity contribution is -0.147. The molecule has 3 nitrogen and oxygen atoms in total. The van der Waals surface area contributed by atoms with Crippen LogP contribution in [-0.4, -0.2) is 16.2 Å². The molecule has 0 spiro atoms. The van der Waals surface area contributed by atoms with E-state index in [1.807, 2.05) is 0 Å². The Morgan fingerprint density at radius 3 is 2.50 bits per heavy atom. The molecule has 0 saturated carbocycles. The normalized spacial score (nSPS) is 12.6. The van der Waals surface area contributed by atoms with E-state index in [-0.39, 0.29) is 5.56 Å². The Morgan fingerprint density at radius 1 is 1.43 bits per heavy atom. The van der Waals surface area contributed by atoms with Crippen molar-refractivity contribution in [1.29, 1.82) is 0 Å². The number of benzene rings is 1. The Kier molecular flexibility index (Phi) is 2.81. The van der Waals surface area contributed by atoms with Crippen LogP contribution in [0.3, 0.4) is 0 Å². The zero-order valence-corrected chi connectivity index (χ0v) is 7.29. The maximum Gasteiger partial charge on any atom is 0.337 e. The fourth-order valence-corrected chi connectivity index (χ4v) is 1.03. The fraction of sp³-hybridized carbons (Fsp3) is 0.222. The van der Waals surface area contributed by atoms with Crippen molar-refractivity contribution in [2.75, 3.05) is 0 Å². The van der Waals surface area contributed by atoms with Crippen LogP contribution in [0.1, 0.15) is 17.2 Å². The summed E-state index contributed by atoms with van der Waals surface area (Å²) in [6, 6.07) is 1.83. The van der Waals surface area contributed by atoms with Gasteiger partial charge < -0.3 is 10.2 Å². The Morgan fingerprint density at radius 2 is 2.00 bits per heavy atom. The highest BCUT2D eigenvalue weighted by Gasteiger charge is 2.22. The maximum absolute atomic E-state index is 13.2. The van der Waals surface area contributed by atoms with Crippen molar-refractivity contribution in [3.8, 4) is 0 Å². The molecule has 0 bridgehead atoms. The lowest BCUT2D eigenvalue weighted by atomic mass is 10.1. The van der Waals surface area contributed by atoms with Gasteiger partial charge in [-0.15, -0.1) is 0 Å². The van der Waals surface area contributed by atoms with Crippen molar-refractivity contribution in [2.24, 2.45) is 0 Å². The van der Waals surface area contributed by atoms with Gasteiger partial charge in [0.25, 0.3) is 0 Å². The largest absolute Gasteiger partial charge is 0.479 e. The van der Waals surface area contributed by atoms with Gasteiger partial charge in [-0.05, 0) is 19.1 Å². The van der Waals surface area contributed by atoms with E-state index in [2.05, 4.69) is 0 Å². The maximum atomic E-state index is 13.2. The first-order valence-corrected chi connectivity index (χ1v) is 3.80. The van der Waals surface area contributed by atoms with E-state index in [1.165, 1.54) is 6.92 Å². The monoisotopic (exact) mass is 202 g/mol. The highest BCUT2D eigenvalue weighted by Crippen LogP contribution is 2.21. The summed E-state index contributed by atoms with van der Waals surface area (Å²) in [6.07, 6.45) is -1.96. The minimum absolute atomic E-state index is 0.303. The van der Waals surface area contributed by atoms with Gasteiger partial charge in [-0.3, -0.25) is 0 Å². The van der Waals surface area contributed by atoms with E-state index < -0.39 is 29.3 Å². The molecule has 14 heavy (non-hydrogen) atoms. The zero-order chi connectivity index (χ0) is 10.9. The highest BCUT2D eigenvalue weighted by atomic mass is 19.1. The highest BCUT2D eigenvalue weighted by molar-refractivity contribution is 5.74. The van der Waals surface area contributed by atoms with Crippen molar-refractivity contribution in [3.05, 3.63) is 34.9 Å². The second kappa shape index (κ2) is 3.71. The SMILES string of the molecule is Cc1c(F)ccc(C(O)C(=O)O)c1F.